The zero-order valence-corrected chi connectivity index (χ0v) is 50.9. The molecule has 0 aromatic rings. The number of carbonyl (C=O) groups excluding carboxylic acids is 3. The first-order valence-electron chi connectivity index (χ1n) is 32.5. The fourth-order valence-corrected chi connectivity index (χ4v) is 8.85. The number of hydrogen-bond acceptors (Lipinski definition) is 6. The van der Waals surface area contributed by atoms with E-state index in [9.17, 15) is 14.4 Å². The highest BCUT2D eigenvalue weighted by atomic mass is 16.6. The van der Waals surface area contributed by atoms with Crippen molar-refractivity contribution in [1.29, 1.82) is 0 Å². The van der Waals surface area contributed by atoms with Crippen LogP contribution in [-0.2, 0) is 28.6 Å². The standard InChI is InChI=1S/C72H120O6/c1-4-7-10-13-16-19-22-25-28-30-32-33-34-35-36-37-38-39-40-42-44-47-50-53-56-59-62-65-71(74)77-68-69(67-76-70(73)64-61-58-55-52-49-46-43-27-24-21-18-15-12-9-6-3)78-72(75)66-63-60-57-54-51-48-45-41-31-29-26-23-20-17-14-11-8-5-2/h9,12,18,20-23,25,27,29-32,34-35,43,49,52,58,61,69H,4-8,10-11,13-17,19,24,26,28,33,36-42,44-48,50-51,53-57,59-60,62-68H2,1-3H3/b12-9-,21-18-,23-20-,25-22-,31-29-,32-30-,35-34-,43-27-,52-49-,61-58-. The topological polar surface area (TPSA) is 78.9 Å². The smallest absolute Gasteiger partial charge is 0.309 e. The van der Waals surface area contributed by atoms with Gasteiger partial charge in [0.05, 0.1) is 6.42 Å². The van der Waals surface area contributed by atoms with Gasteiger partial charge in [0.25, 0.3) is 0 Å². The molecule has 0 bridgehead atoms. The highest BCUT2D eigenvalue weighted by Crippen LogP contribution is 2.15. The molecule has 0 radical (unpaired) electrons. The molecule has 0 rings (SSSR count). The second-order valence-corrected chi connectivity index (χ2v) is 21.3. The highest BCUT2D eigenvalue weighted by Gasteiger charge is 2.19. The molecule has 0 aliphatic rings. The van der Waals surface area contributed by atoms with E-state index in [1.54, 1.807) is 6.08 Å². The van der Waals surface area contributed by atoms with Crippen LogP contribution in [0.25, 0.3) is 0 Å². The van der Waals surface area contributed by atoms with E-state index in [4.69, 9.17) is 14.2 Å². The number of hydrogen-bond donors (Lipinski definition) is 0. The number of allylic oxidation sites excluding steroid dienone is 19. The van der Waals surface area contributed by atoms with Gasteiger partial charge in [-0.05, 0) is 116 Å². The zero-order chi connectivity index (χ0) is 56.4. The number of unbranched alkanes of at least 4 members (excludes halogenated alkanes) is 28. The van der Waals surface area contributed by atoms with Crippen LogP contribution in [-0.4, -0.2) is 37.2 Å². The molecule has 0 spiro atoms. The molecule has 0 fully saturated rings. The van der Waals surface area contributed by atoms with Crippen LogP contribution in [0.3, 0.4) is 0 Å². The van der Waals surface area contributed by atoms with Crippen LogP contribution >= 0.6 is 0 Å². The minimum atomic E-state index is -0.827. The molecule has 0 N–H and O–H groups in total. The lowest BCUT2D eigenvalue weighted by Crippen LogP contribution is -2.30. The summed E-state index contributed by atoms with van der Waals surface area (Å²) in [6.45, 7) is 6.42. The van der Waals surface area contributed by atoms with Crippen molar-refractivity contribution in [2.75, 3.05) is 13.2 Å². The maximum Gasteiger partial charge on any atom is 0.309 e. The van der Waals surface area contributed by atoms with E-state index >= 15 is 0 Å². The van der Waals surface area contributed by atoms with E-state index in [1.165, 1.54) is 161 Å². The van der Waals surface area contributed by atoms with Crippen LogP contribution in [0.4, 0.5) is 0 Å². The van der Waals surface area contributed by atoms with Gasteiger partial charge in [0.15, 0.2) is 6.10 Å². The Labute approximate surface area is 482 Å². The molecule has 0 aromatic carbocycles. The predicted octanol–water partition coefficient (Wildman–Crippen LogP) is 22.4. The van der Waals surface area contributed by atoms with Gasteiger partial charge in [-0.2, -0.15) is 0 Å². The third kappa shape index (κ3) is 62.7. The minimum absolute atomic E-state index is 0.114. The van der Waals surface area contributed by atoms with Crippen molar-refractivity contribution < 1.29 is 28.6 Å². The number of ether oxygens (including phenoxy) is 3. The highest BCUT2D eigenvalue weighted by molar-refractivity contribution is 5.72. The number of carbonyl (C=O) groups is 3. The lowest BCUT2D eigenvalue weighted by molar-refractivity contribution is -0.166. The lowest BCUT2D eigenvalue weighted by Gasteiger charge is -2.18. The molecule has 0 amide bonds. The van der Waals surface area contributed by atoms with Gasteiger partial charge in [0, 0.05) is 12.8 Å². The third-order valence-electron chi connectivity index (χ3n) is 13.7. The first-order chi connectivity index (χ1) is 38.5. The van der Waals surface area contributed by atoms with Crippen molar-refractivity contribution in [3.8, 4) is 0 Å². The Kier molecular flexibility index (Phi) is 61.8. The van der Waals surface area contributed by atoms with Gasteiger partial charge < -0.3 is 14.2 Å². The molecular weight excluding hydrogens is 961 g/mol. The fourth-order valence-electron chi connectivity index (χ4n) is 8.85. The summed E-state index contributed by atoms with van der Waals surface area (Å²) < 4.78 is 16.8. The van der Waals surface area contributed by atoms with Gasteiger partial charge in [-0.3, -0.25) is 14.4 Å². The SMILES string of the molecule is CC/C=C\C/C=C\C/C=C\C/C=C\C/C=C\CC(=O)OCC(COC(=O)CCCCCCCCCCCCCC/C=C\C/C=C\C/C=C\CCCCCCC)OC(=O)CCCCCCCCC/C=C\C/C=C\CCCCCC. The minimum Gasteiger partial charge on any atom is -0.462 e. The van der Waals surface area contributed by atoms with E-state index in [2.05, 4.69) is 130 Å². The van der Waals surface area contributed by atoms with Crippen molar-refractivity contribution in [2.45, 2.75) is 303 Å². The summed E-state index contributed by atoms with van der Waals surface area (Å²) in [6, 6.07) is 0. The molecule has 6 nitrogen and oxygen atoms in total. The molecule has 0 saturated carbocycles. The van der Waals surface area contributed by atoms with Gasteiger partial charge in [-0.15, -0.1) is 0 Å². The van der Waals surface area contributed by atoms with Crippen LogP contribution in [0, 0.1) is 0 Å². The zero-order valence-electron chi connectivity index (χ0n) is 50.9. The van der Waals surface area contributed by atoms with Crippen molar-refractivity contribution in [1.82, 2.24) is 0 Å². The van der Waals surface area contributed by atoms with Gasteiger partial charge >= 0.3 is 17.9 Å². The number of rotatable bonds is 58. The van der Waals surface area contributed by atoms with E-state index in [-0.39, 0.29) is 31.6 Å². The first-order valence-corrected chi connectivity index (χ1v) is 32.5. The third-order valence-corrected chi connectivity index (χ3v) is 13.7. The van der Waals surface area contributed by atoms with Gasteiger partial charge in [0.2, 0.25) is 0 Å². The Bertz CT molecular complexity index is 1620. The largest absolute Gasteiger partial charge is 0.462 e. The molecule has 78 heavy (non-hydrogen) atoms. The molecule has 0 heterocycles. The summed E-state index contributed by atoms with van der Waals surface area (Å²) in [4.78, 5) is 38.3. The molecule has 0 aliphatic heterocycles. The van der Waals surface area contributed by atoms with Gasteiger partial charge in [-0.25, -0.2) is 0 Å². The molecule has 1 unspecified atom stereocenters. The van der Waals surface area contributed by atoms with Crippen molar-refractivity contribution >= 4 is 17.9 Å². The van der Waals surface area contributed by atoms with Crippen LogP contribution in [0.2, 0.25) is 0 Å². The Balaban J connectivity index is 4.40. The van der Waals surface area contributed by atoms with Crippen LogP contribution in [0.15, 0.2) is 122 Å². The summed E-state index contributed by atoms with van der Waals surface area (Å²) in [7, 11) is 0. The summed E-state index contributed by atoms with van der Waals surface area (Å²) in [5, 5.41) is 0. The maximum absolute atomic E-state index is 12.9. The fraction of sp³-hybridized carbons (Fsp3) is 0.681. The van der Waals surface area contributed by atoms with Crippen LogP contribution in [0.5, 0.6) is 0 Å². The second kappa shape index (κ2) is 65.3. The van der Waals surface area contributed by atoms with Gasteiger partial charge in [-0.1, -0.05) is 284 Å². The molecule has 0 aliphatic carbocycles. The maximum atomic E-state index is 12.9. The molecule has 0 aromatic heterocycles. The summed E-state index contributed by atoms with van der Waals surface area (Å²) in [5.41, 5.74) is 0. The summed E-state index contributed by atoms with van der Waals surface area (Å²) >= 11 is 0. The average Bonchev–Trinajstić information content (AvgIpc) is 3.44. The van der Waals surface area contributed by atoms with Crippen LogP contribution in [0.1, 0.15) is 297 Å². The first kappa shape index (κ1) is 73.8. The van der Waals surface area contributed by atoms with Crippen molar-refractivity contribution in [3.63, 3.8) is 0 Å². The van der Waals surface area contributed by atoms with E-state index in [0.29, 0.717) is 12.8 Å². The average molecular weight is 1080 g/mol. The lowest BCUT2D eigenvalue weighted by atomic mass is 10.0. The summed E-state index contributed by atoms with van der Waals surface area (Å²) in [5.74, 6) is -1.05. The predicted molar refractivity (Wildman–Crippen MR) is 339 cm³/mol. The van der Waals surface area contributed by atoms with E-state index in [1.807, 2.05) is 6.08 Å². The Morgan fingerprint density at radius 3 is 0.910 bits per heavy atom. The molecule has 444 valence electrons. The van der Waals surface area contributed by atoms with E-state index in [0.717, 1.165) is 96.3 Å². The van der Waals surface area contributed by atoms with Crippen LogP contribution < -0.4 is 0 Å². The normalized spacial score (nSPS) is 12.9. The quantitative estimate of drug-likeness (QED) is 0.0261. The summed E-state index contributed by atoms with van der Waals surface area (Å²) in [6.07, 6.45) is 90.9. The van der Waals surface area contributed by atoms with Gasteiger partial charge in [0.1, 0.15) is 13.2 Å². The van der Waals surface area contributed by atoms with Crippen molar-refractivity contribution in [3.05, 3.63) is 122 Å². The monoisotopic (exact) mass is 1080 g/mol. The Hall–Kier alpha value is -4.19. The second-order valence-electron chi connectivity index (χ2n) is 21.3. The molecular formula is C72H120O6. The Morgan fingerprint density at radius 2 is 0.551 bits per heavy atom. The van der Waals surface area contributed by atoms with Crippen molar-refractivity contribution in [2.24, 2.45) is 0 Å². The molecule has 6 heteroatoms. The molecule has 1 atom stereocenters. The Morgan fingerprint density at radius 1 is 0.282 bits per heavy atom. The molecule has 0 saturated heterocycles. The number of esters is 3. The van der Waals surface area contributed by atoms with E-state index < -0.39 is 12.1 Å².